The van der Waals surface area contributed by atoms with E-state index in [1.807, 2.05) is 43.3 Å². The second kappa shape index (κ2) is 5.09. The zero-order valence-electron chi connectivity index (χ0n) is 10.8. The molecule has 20 heavy (non-hydrogen) atoms. The highest BCUT2D eigenvalue weighted by Gasteiger charge is 2.11. The molecule has 4 nitrogen and oxygen atoms in total. The highest BCUT2D eigenvalue weighted by atomic mass is 79.9. The number of aryl methyl sites for hydroxylation is 1. The van der Waals surface area contributed by atoms with Gasteiger partial charge in [-0.15, -0.1) is 5.10 Å². The minimum absolute atomic E-state index is 0.219. The number of phenolic OH excluding ortho intramolecular Hbond substituents is 1. The highest BCUT2D eigenvalue weighted by molar-refractivity contribution is 9.10. The topological polar surface area (TPSA) is 50.9 Å². The van der Waals surface area contributed by atoms with Crippen molar-refractivity contribution in [2.24, 2.45) is 0 Å². The van der Waals surface area contributed by atoms with E-state index in [1.165, 1.54) is 0 Å². The molecule has 100 valence electrons. The third-order valence-electron chi connectivity index (χ3n) is 3.11. The number of benzene rings is 2. The summed E-state index contributed by atoms with van der Waals surface area (Å²) in [6.07, 6.45) is 1.80. The van der Waals surface area contributed by atoms with Gasteiger partial charge in [-0.25, -0.2) is 4.68 Å². The summed E-state index contributed by atoms with van der Waals surface area (Å²) in [5.74, 6) is 0.219. The molecule has 0 amide bonds. The fraction of sp³-hybridized carbons (Fsp3) is 0.0667. The summed E-state index contributed by atoms with van der Waals surface area (Å²) < 4.78 is 2.54. The van der Waals surface area contributed by atoms with E-state index < -0.39 is 0 Å². The molecule has 0 aliphatic heterocycles. The van der Waals surface area contributed by atoms with Crippen LogP contribution in [0, 0.1) is 6.92 Å². The van der Waals surface area contributed by atoms with E-state index in [4.69, 9.17) is 0 Å². The van der Waals surface area contributed by atoms with E-state index >= 15 is 0 Å². The predicted molar refractivity (Wildman–Crippen MR) is 80.9 cm³/mol. The second-order valence-electron chi connectivity index (χ2n) is 4.47. The monoisotopic (exact) mass is 329 g/mol. The minimum Gasteiger partial charge on any atom is -0.505 e. The molecule has 0 spiro atoms. The molecule has 5 heteroatoms. The Balaban J connectivity index is 2.07. The number of hydrogen-bond donors (Lipinski definition) is 1. The molecule has 1 heterocycles. The lowest BCUT2D eigenvalue weighted by Gasteiger charge is -2.05. The van der Waals surface area contributed by atoms with Crippen molar-refractivity contribution in [3.05, 3.63) is 58.7 Å². The van der Waals surface area contributed by atoms with Crippen LogP contribution < -0.4 is 0 Å². The van der Waals surface area contributed by atoms with Crippen LogP contribution >= 0.6 is 15.9 Å². The van der Waals surface area contributed by atoms with Gasteiger partial charge in [-0.3, -0.25) is 0 Å². The Kier molecular flexibility index (Phi) is 3.28. The van der Waals surface area contributed by atoms with Gasteiger partial charge >= 0.3 is 0 Å². The van der Waals surface area contributed by atoms with Crippen LogP contribution in [0.25, 0.3) is 16.9 Å². The molecule has 0 saturated heterocycles. The van der Waals surface area contributed by atoms with E-state index in [1.54, 1.807) is 16.9 Å². The van der Waals surface area contributed by atoms with Crippen molar-refractivity contribution in [2.75, 3.05) is 0 Å². The van der Waals surface area contributed by atoms with Crippen molar-refractivity contribution in [1.29, 1.82) is 0 Å². The summed E-state index contributed by atoms with van der Waals surface area (Å²) in [6, 6.07) is 13.4. The lowest BCUT2D eigenvalue weighted by molar-refractivity contribution is 0.465. The Morgan fingerprint density at radius 3 is 2.70 bits per heavy atom. The molecule has 1 N–H and O–H groups in total. The van der Waals surface area contributed by atoms with Gasteiger partial charge < -0.3 is 5.11 Å². The van der Waals surface area contributed by atoms with Gasteiger partial charge in [0.05, 0.1) is 6.20 Å². The third kappa shape index (κ3) is 2.20. The molecule has 0 fully saturated rings. The molecule has 0 bridgehead atoms. The van der Waals surface area contributed by atoms with Crippen LogP contribution in [0.1, 0.15) is 5.56 Å². The molecule has 0 aliphatic rings. The maximum Gasteiger partial charge on any atom is 0.144 e. The lowest BCUT2D eigenvalue weighted by Crippen LogP contribution is -1.96. The van der Waals surface area contributed by atoms with Crippen molar-refractivity contribution in [2.45, 2.75) is 6.92 Å². The first-order valence-corrected chi connectivity index (χ1v) is 6.92. The van der Waals surface area contributed by atoms with Gasteiger partial charge in [-0.05, 0) is 24.6 Å². The van der Waals surface area contributed by atoms with E-state index in [0.29, 0.717) is 5.69 Å². The van der Waals surface area contributed by atoms with Crippen LogP contribution in [0.5, 0.6) is 5.75 Å². The Morgan fingerprint density at radius 1 is 1.10 bits per heavy atom. The SMILES string of the molecule is Cc1cccc(-n2cc(-c3ccccc3Br)nn2)c1O. The predicted octanol–water partition coefficient (Wildman–Crippen LogP) is 3.71. The molecule has 3 rings (SSSR count). The Morgan fingerprint density at radius 2 is 1.90 bits per heavy atom. The summed E-state index contributed by atoms with van der Waals surface area (Å²) in [5, 5.41) is 18.3. The van der Waals surface area contributed by atoms with E-state index in [-0.39, 0.29) is 5.75 Å². The zero-order valence-corrected chi connectivity index (χ0v) is 12.4. The Labute approximate surface area is 124 Å². The van der Waals surface area contributed by atoms with Crippen LogP contribution in [-0.4, -0.2) is 20.1 Å². The first-order chi connectivity index (χ1) is 9.66. The number of aromatic nitrogens is 3. The maximum absolute atomic E-state index is 10.1. The number of para-hydroxylation sites is 1. The Hall–Kier alpha value is -2.14. The average Bonchev–Trinajstić information content (AvgIpc) is 2.92. The molecule has 1 aromatic heterocycles. The van der Waals surface area contributed by atoms with Gasteiger partial charge in [-0.1, -0.05) is 51.5 Å². The van der Waals surface area contributed by atoms with E-state index in [2.05, 4.69) is 26.2 Å². The van der Waals surface area contributed by atoms with Gasteiger partial charge in [0.25, 0.3) is 0 Å². The van der Waals surface area contributed by atoms with Crippen LogP contribution in [0.2, 0.25) is 0 Å². The fourth-order valence-corrected chi connectivity index (χ4v) is 2.49. The highest BCUT2D eigenvalue weighted by Crippen LogP contribution is 2.29. The molecule has 0 radical (unpaired) electrons. The molecule has 2 aromatic carbocycles. The molecular formula is C15H12BrN3O. The summed E-state index contributed by atoms with van der Waals surface area (Å²) in [5.41, 5.74) is 3.14. The van der Waals surface area contributed by atoms with Crippen LogP contribution in [-0.2, 0) is 0 Å². The largest absolute Gasteiger partial charge is 0.505 e. The first-order valence-electron chi connectivity index (χ1n) is 6.13. The van der Waals surface area contributed by atoms with Crippen LogP contribution in [0.3, 0.4) is 0 Å². The van der Waals surface area contributed by atoms with Gasteiger partial charge in [-0.2, -0.15) is 0 Å². The second-order valence-corrected chi connectivity index (χ2v) is 5.33. The summed E-state index contributed by atoms with van der Waals surface area (Å²) >= 11 is 3.50. The third-order valence-corrected chi connectivity index (χ3v) is 3.80. The summed E-state index contributed by atoms with van der Waals surface area (Å²) in [7, 11) is 0. The van der Waals surface area contributed by atoms with E-state index in [9.17, 15) is 5.11 Å². The van der Waals surface area contributed by atoms with Crippen molar-refractivity contribution in [3.63, 3.8) is 0 Å². The number of halogens is 1. The van der Waals surface area contributed by atoms with Crippen molar-refractivity contribution in [1.82, 2.24) is 15.0 Å². The number of rotatable bonds is 2. The molecule has 0 atom stereocenters. The average molecular weight is 330 g/mol. The normalized spacial score (nSPS) is 10.7. The zero-order chi connectivity index (χ0) is 14.1. The number of nitrogens with zero attached hydrogens (tertiary/aromatic N) is 3. The number of hydrogen-bond acceptors (Lipinski definition) is 3. The van der Waals surface area contributed by atoms with Gasteiger partial charge in [0.2, 0.25) is 0 Å². The molecular weight excluding hydrogens is 318 g/mol. The van der Waals surface area contributed by atoms with Crippen molar-refractivity contribution in [3.8, 4) is 22.7 Å². The van der Waals surface area contributed by atoms with Crippen LogP contribution in [0.15, 0.2) is 53.1 Å². The fourth-order valence-electron chi connectivity index (χ4n) is 2.00. The molecule has 0 saturated carbocycles. The molecule has 3 aromatic rings. The standard InChI is InChI=1S/C15H12BrN3O/c1-10-5-4-8-14(15(10)20)19-9-13(17-18-19)11-6-2-3-7-12(11)16/h2-9,20H,1H3. The number of aromatic hydroxyl groups is 1. The smallest absolute Gasteiger partial charge is 0.144 e. The van der Waals surface area contributed by atoms with Crippen molar-refractivity contribution < 1.29 is 5.11 Å². The minimum atomic E-state index is 0.219. The Bertz CT molecular complexity index is 767. The maximum atomic E-state index is 10.1. The summed E-state index contributed by atoms with van der Waals surface area (Å²) in [4.78, 5) is 0. The lowest BCUT2D eigenvalue weighted by atomic mass is 10.2. The molecule has 0 aliphatic carbocycles. The summed E-state index contributed by atoms with van der Waals surface area (Å²) in [6.45, 7) is 1.85. The van der Waals surface area contributed by atoms with Gasteiger partial charge in [0, 0.05) is 10.0 Å². The van der Waals surface area contributed by atoms with Crippen molar-refractivity contribution >= 4 is 15.9 Å². The molecule has 0 unspecified atom stereocenters. The van der Waals surface area contributed by atoms with E-state index in [0.717, 1.165) is 21.3 Å². The number of phenols is 1. The van der Waals surface area contributed by atoms with Gasteiger partial charge in [0.15, 0.2) is 0 Å². The van der Waals surface area contributed by atoms with Crippen LogP contribution in [0.4, 0.5) is 0 Å². The quantitative estimate of drug-likeness (QED) is 0.779. The van der Waals surface area contributed by atoms with Gasteiger partial charge in [0.1, 0.15) is 17.1 Å². The first kappa shape index (κ1) is 12.9.